The zero-order valence-corrected chi connectivity index (χ0v) is 11.4. The molecular weight excluding hydrogens is 228 g/mol. The van der Waals surface area contributed by atoms with E-state index in [1.165, 1.54) is 0 Å². The molecule has 0 rings (SSSR count). The average Bonchev–Trinajstić information content (AvgIpc) is 2.13. The van der Waals surface area contributed by atoms with Crippen LogP contribution < -0.4 is 10.6 Å². The van der Waals surface area contributed by atoms with Gasteiger partial charge in [-0.05, 0) is 26.3 Å². The lowest BCUT2D eigenvalue weighted by atomic mass is 10.0. The molecule has 3 atom stereocenters. The molecule has 0 saturated heterocycles. The predicted molar refractivity (Wildman–Crippen MR) is 68.8 cm³/mol. The fourth-order valence-electron chi connectivity index (χ4n) is 1.51. The third-order valence-electron chi connectivity index (χ3n) is 2.33. The van der Waals surface area contributed by atoms with Gasteiger partial charge in [0.2, 0.25) is 5.91 Å². The maximum Gasteiger partial charge on any atom is 0.224 e. The molecule has 98 valence electrons. The number of carbonyl (C=O) groups excluding carboxylic acids is 1. The quantitative estimate of drug-likeness (QED) is 0.628. The summed E-state index contributed by atoms with van der Waals surface area (Å²) in [7, 11) is 1.83. The molecule has 3 N–H and O–H groups in total. The number of aliphatic hydroxyl groups excluding tert-OH is 1. The predicted octanol–water partition coefficient (Wildman–Crippen LogP) is 0.787. The lowest BCUT2D eigenvalue weighted by Crippen LogP contribution is -2.37. The maximum atomic E-state index is 11.5. The van der Waals surface area contributed by atoms with Crippen molar-refractivity contribution in [1.29, 1.82) is 0 Å². The fourth-order valence-corrected chi connectivity index (χ4v) is 1.51. The van der Waals surface area contributed by atoms with Crippen molar-refractivity contribution in [3.8, 4) is 0 Å². The van der Waals surface area contributed by atoms with Crippen molar-refractivity contribution < 1.29 is 9.90 Å². The van der Waals surface area contributed by atoms with Crippen molar-refractivity contribution in [2.24, 2.45) is 11.8 Å². The summed E-state index contributed by atoms with van der Waals surface area (Å²) in [6.45, 7) is 7.01. The first-order valence-electron chi connectivity index (χ1n) is 5.57. The molecule has 3 unspecified atom stereocenters. The molecule has 0 saturated carbocycles. The van der Waals surface area contributed by atoms with Gasteiger partial charge in [0.1, 0.15) is 0 Å². The number of hydrogen-bond acceptors (Lipinski definition) is 3. The summed E-state index contributed by atoms with van der Waals surface area (Å²) < 4.78 is 0. The minimum Gasteiger partial charge on any atom is -0.393 e. The second-order valence-electron chi connectivity index (χ2n) is 4.39. The first-order chi connectivity index (χ1) is 6.97. The van der Waals surface area contributed by atoms with Gasteiger partial charge in [0.15, 0.2) is 0 Å². The Bertz CT molecular complexity index is 189. The second kappa shape index (κ2) is 9.87. The summed E-state index contributed by atoms with van der Waals surface area (Å²) in [6.07, 6.45) is 0.423. The highest BCUT2D eigenvalue weighted by molar-refractivity contribution is 5.85. The Kier molecular flexibility index (Phi) is 11.1. The smallest absolute Gasteiger partial charge is 0.224 e. The summed E-state index contributed by atoms with van der Waals surface area (Å²) in [4.78, 5) is 11.5. The van der Waals surface area contributed by atoms with Crippen molar-refractivity contribution in [2.75, 3.05) is 20.1 Å². The van der Waals surface area contributed by atoms with Crippen LogP contribution in [-0.2, 0) is 4.79 Å². The van der Waals surface area contributed by atoms with Crippen LogP contribution in [0.25, 0.3) is 0 Å². The Morgan fingerprint density at radius 2 is 1.81 bits per heavy atom. The highest BCUT2D eigenvalue weighted by atomic mass is 35.5. The topological polar surface area (TPSA) is 61.4 Å². The van der Waals surface area contributed by atoms with E-state index in [0.717, 1.165) is 6.42 Å². The van der Waals surface area contributed by atoms with Crippen LogP contribution in [0.15, 0.2) is 0 Å². The van der Waals surface area contributed by atoms with Gasteiger partial charge >= 0.3 is 0 Å². The first-order valence-corrected chi connectivity index (χ1v) is 5.57. The molecule has 0 aromatic rings. The molecular formula is C11H25ClN2O2. The largest absolute Gasteiger partial charge is 0.393 e. The monoisotopic (exact) mass is 252 g/mol. The van der Waals surface area contributed by atoms with E-state index in [2.05, 4.69) is 10.6 Å². The first kappa shape index (κ1) is 18.1. The Hall–Kier alpha value is -0.320. The molecule has 0 aromatic heterocycles. The summed E-state index contributed by atoms with van der Waals surface area (Å²) in [5.74, 6) is 0.381. The molecule has 0 aliphatic rings. The normalized spacial score (nSPS) is 15.8. The van der Waals surface area contributed by atoms with E-state index in [0.29, 0.717) is 19.0 Å². The van der Waals surface area contributed by atoms with Gasteiger partial charge < -0.3 is 15.7 Å². The van der Waals surface area contributed by atoms with Gasteiger partial charge in [-0.2, -0.15) is 0 Å². The molecule has 1 amide bonds. The molecule has 16 heavy (non-hydrogen) atoms. The summed E-state index contributed by atoms with van der Waals surface area (Å²) in [6, 6.07) is 0. The van der Waals surface area contributed by atoms with Gasteiger partial charge in [-0.3, -0.25) is 4.79 Å². The van der Waals surface area contributed by atoms with Crippen LogP contribution in [-0.4, -0.2) is 37.3 Å². The molecule has 0 radical (unpaired) electrons. The van der Waals surface area contributed by atoms with E-state index in [4.69, 9.17) is 5.11 Å². The van der Waals surface area contributed by atoms with Crippen molar-refractivity contribution in [2.45, 2.75) is 33.3 Å². The van der Waals surface area contributed by atoms with Gasteiger partial charge in [0.25, 0.3) is 0 Å². The number of aliphatic hydroxyl groups is 1. The summed E-state index contributed by atoms with van der Waals surface area (Å²) >= 11 is 0. The van der Waals surface area contributed by atoms with Crippen LogP contribution in [0.2, 0.25) is 0 Å². The number of rotatable bonds is 7. The molecule has 0 spiro atoms. The SMILES string of the molecule is CNCC(C)C(=O)NCC(C)CC(C)O.Cl. The number of amides is 1. The highest BCUT2D eigenvalue weighted by Crippen LogP contribution is 2.04. The van der Waals surface area contributed by atoms with E-state index in [9.17, 15) is 4.79 Å². The molecule has 0 fully saturated rings. The lowest BCUT2D eigenvalue weighted by molar-refractivity contribution is -0.124. The number of halogens is 1. The number of carbonyl (C=O) groups is 1. The second-order valence-corrected chi connectivity index (χ2v) is 4.39. The van der Waals surface area contributed by atoms with E-state index < -0.39 is 0 Å². The van der Waals surface area contributed by atoms with Crippen molar-refractivity contribution in [1.82, 2.24) is 10.6 Å². The van der Waals surface area contributed by atoms with Crippen LogP contribution in [0, 0.1) is 11.8 Å². The molecule has 5 heteroatoms. The minimum absolute atomic E-state index is 0. The Labute approximate surface area is 105 Å². The van der Waals surface area contributed by atoms with E-state index >= 15 is 0 Å². The van der Waals surface area contributed by atoms with Crippen molar-refractivity contribution in [3.05, 3.63) is 0 Å². The molecule has 0 bridgehead atoms. The molecule has 0 aromatic carbocycles. The summed E-state index contributed by atoms with van der Waals surface area (Å²) in [5.41, 5.74) is 0. The number of hydrogen-bond donors (Lipinski definition) is 3. The third kappa shape index (κ3) is 8.95. The third-order valence-corrected chi connectivity index (χ3v) is 2.33. The van der Waals surface area contributed by atoms with Crippen molar-refractivity contribution in [3.63, 3.8) is 0 Å². The van der Waals surface area contributed by atoms with Crippen LogP contribution in [0.1, 0.15) is 27.2 Å². The van der Waals surface area contributed by atoms with Gasteiger partial charge in [-0.15, -0.1) is 12.4 Å². The molecule has 0 heterocycles. The molecule has 0 aliphatic carbocycles. The summed E-state index contributed by atoms with van der Waals surface area (Å²) in [5, 5.41) is 15.0. The van der Waals surface area contributed by atoms with E-state index in [1.54, 1.807) is 6.92 Å². The van der Waals surface area contributed by atoms with Crippen LogP contribution in [0.3, 0.4) is 0 Å². The number of nitrogens with one attached hydrogen (secondary N) is 2. The van der Waals surface area contributed by atoms with E-state index in [1.807, 2.05) is 20.9 Å². The minimum atomic E-state index is -0.299. The van der Waals surface area contributed by atoms with Gasteiger partial charge in [0.05, 0.1) is 6.10 Å². The van der Waals surface area contributed by atoms with Crippen LogP contribution in [0.4, 0.5) is 0 Å². The van der Waals surface area contributed by atoms with Gasteiger partial charge in [-0.1, -0.05) is 13.8 Å². The Morgan fingerprint density at radius 3 is 2.25 bits per heavy atom. The van der Waals surface area contributed by atoms with Crippen LogP contribution >= 0.6 is 12.4 Å². The van der Waals surface area contributed by atoms with Crippen molar-refractivity contribution >= 4 is 18.3 Å². The zero-order chi connectivity index (χ0) is 11.8. The lowest BCUT2D eigenvalue weighted by Gasteiger charge is -2.16. The van der Waals surface area contributed by atoms with Gasteiger partial charge in [-0.25, -0.2) is 0 Å². The highest BCUT2D eigenvalue weighted by Gasteiger charge is 2.13. The maximum absolute atomic E-state index is 11.5. The fraction of sp³-hybridized carbons (Fsp3) is 0.909. The van der Waals surface area contributed by atoms with Gasteiger partial charge in [0, 0.05) is 19.0 Å². The molecule has 4 nitrogen and oxygen atoms in total. The zero-order valence-electron chi connectivity index (χ0n) is 10.6. The van der Waals surface area contributed by atoms with E-state index in [-0.39, 0.29) is 30.3 Å². The Balaban J connectivity index is 0. The Morgan fingerprint density at radius 1 is 1.25 bits per heavy atom. The van der Waals surface area contributed by atoms with Crippen LogP contribution in [0.5, 0.6) is 0 Å². The average molecular weight is 253 g/mol. The molecule has 0 aliphatic heterocycles. The standard InChI is InChI=1S/C11H24N2O2.ClH/c1-8(5-10(3)14)6-13-11(15)9(2)7-12-4;/h8-10,12,14H,5-7H2,1-4H3,(H,13,15);1H.